The minimum atomic E-state index is -1.21. The topological polar surface area (TPSA) is 50.2 Å². The lowest BCUT2D eigenvalue weighted by Crippen LogP contribution is -2.04. The number of carboxylic acids is 1. The SMILES string of the molecule is O=C(O)Cc1cc(-c2c(Cl)c(Cl)c(Cl)c(Cl)c2Cl)cnc1F. The minimum absolute atomic E-state index is 0.00995. The zero-order valence-corrected chi connectivity index (χ0v) is 14.2. The standard InChI is InChI=1S/C13H5Cl5FNO2/c14-8-7(9(15)11(17)12(18)10(8)16)5-1-4(2-6(21)22)13(19)20-3-5/h1,3H,2H2,(H,21,22). The van der Waals surface area contributed by atoms with Crippen molar-refractivity contribution in [1.82, 2.24) is 4.98 Å². The number of carbonyl (C=O) groups is 1. The van der Waals surface area contributed by atoms with Crippen molar-refractivity contribution in [1.29, 1.82) is 0 Å². The van der Waals surface area contributed by atoms with Gasteiger partial charge in [0.1, 0.15) is 0 Å². The van der Waals surface area contributed by atoms with Gasteiger partial charge in [-0.05, 0) is 6.07 Å². The summed E-state index contributed by atoms with van der Waals surface area (Å²) < 4.78 is 13.6. The van der Waals surface area contributed by atoms with Gasteiger partial charge in [-0.25, -0.2) is 4.98 Å². The highest BCUT2D eigenvalue weighted by atomic mass is 35.5. The van der Waals surface area contributed by atoms with E-state index in [0.717, 1.165) is 6.20 Å². The lowest BCUT2D eigenvalue weighted by molar-refractivity contribution is -0.136. The van der Waals surface area contributed by atoms with E-state index in [1.165, 1.54) is 6.07 Å². The second-order valence-corrected chi connectivity index (χ2v) is 6.08. The van der Waals surface area contributed by atoms with Gasteiger partial charge in [-0.3, -0.25) is 4.79 Å². The third kappa shape index (κ3) is 3.26. The van der Waals surface area contributed by atoms with Crippen molar-refractivity contribution >= 4 is 64.0 Å². The first kappa shape index (κ1) is 17.6. The zero-order chi connectivity index (χ0) is 16.6. The maximum absolute atomic E-state index is 13.6. The summed E-state index contributed by atoms with van der Waals surface area (Å²) in [6, 6.07) is 1.27. The van der Waals surface area contributed by atoms with E-state index in [-0.39, 0.29) is 41.8 Å². The van der Waals surface area contributed by atoms with Crippen LogP contribution in [0.2, 0.25) is 25.1 Å². The van der Waals surface area contributed by atoms with Gasteiger partial charge in [-0.15, -0.1) is 0 Å². The Hall–Kier alpha value is -0.780. The molecule has 3 nitrogen and oxygen atoms in total. The molecule has 0 saturated heterocycles. The van der Waals surface area contributed by atoms with Crippen LogP contribution < -0.4 is 0 Å². The lowest BCUT2D eigenvalue weighted by atomic mass is 10.0. The van der Waals surface area contributed by atoms with E-state index in [9.17, 15) is 9.18 Å². The van der Waals surface area contributed by atoms with Crippen molar-refractivity contribution in [2.45, 2.75) is 6.42 Å². The fourth-order valence-corrected chi connectivity index (χ4v) is 3.13. The molecule has 1 aromatic carbocycles. The van der Waals surface area contributed by atoms with Crippen LogP contribution in [0.1, 0.15) is 5.56 Å². The third-order valence-corrected chi connectivity index (χ3v) is 5.03. The van der Waals surface area contributed by atoms with Crippen LogP contribution in [0, 0.1) is 5.95 Å². The number of rotatable bonds is 3. The maximum atomic E-state index is 13.6. The van der Waals surface area contributed by atoms with Crippen LogP contribution in [0.15, 0.2) is 12.3 Å². The second kappa shape index (κ2) is 6.77. The van der Waals surface area contributed by atoms with Crippen LogP contribution in [-0.4, -0.2) is 16.1 Å². The summed E-state index contributed by atoms with van der Waals surface area (Å²) >= 11 is 30.0. The number of pyridine rings is 1. The Bertz CT molecular complexity index is 753. The zero-order valence-electron chi connectivity index (χ0n) is 10.4. The van der Waals surface area contributed by atoms with Crippen LogP contribution in [0.25, 0.3) is 11.1 Å². The van der Waals surface area contributed by atoms with E-state index >= 15 is 0 Å². The van der Waals surface area contributed by atoms with E-state index < -0.39 is 18.3 Å². The number of carboxylic acid groups (broad SMARTS) is 1. The quantitative estimate of drug-likeness (QED) is 0.401. The molecule has 9 heteroatoms. The molecule has 0 amide bonds. The van der Waals surface area contributed by atoms with Crippen LogP contribution in [0.4, 0.5) is 4.39 Å². The highest BCUT2D eigenvalue weighted by Gasteiger charge is 2.21. The van der Waals surface area contributed by atoms with Gasteiger partial charge in [0.25, 0.3) is 0 Å². The van der Waals surface area contributed by atoms with Crippen LogP contribution >= 0.6 is 58.0 Å². The highest BCUT2D eigenvalue weighted by molar-refractivity contribution is 6.56. The summed E-state index contributed by atoms with van der Waals surface area (Å²) in [7, 11) is 0. The van der Waals surface area contributed by atoms with Crippen molar-refractivity contribution in [3.05, 3.63) is 48.9 Å². The van der Waals surface area contributed by atoms with Crippen LogP contribution in [0.3, 0.4) is 0 Å². The fraction of sp³-hybridized carbons (Fsp3) is 0.0769. The molecule has 0 aliphatic rings. The summed E-state index contributed by atoms with van der Waals surface area (Å²) in [6.45, 7) is 0. The second-order valence-electron chi connectivity index (χ2n) is 4.19. The van der Waals surface area contributed by atoms with Gasteiger partial charge in [-0.1, -0.05) is 58.0 Å². The smallest absolute Gasteiger partial charge is 0.307 e. The number of aliphatic carboxylic acids is 1. The average molecular weight is 403 g/mol. The lowest BCUT2D eigenvalue weighted by Gasteiger charge is -2.13. The van der Waals surface area contributed by atoms with Crippen molar-refractivity contribution in [3.8, 4) is 11.1 Å². The van der Waals surface area contributed by atoms with Gasteiger partial charge in [0.15, 0.2) is 0 Å². The number of aromatic nitrogens is 1. The van der Waals surface area contributed by atoms with Crippen molar-refractivity contribution in [2.24, 2.45) is 0 Å². The molecule has 0 radical (unpaired) electrons. The van der Waals surface area contributed by atoms with E-state index in [4.69, 9.17) is 63.1 Å². The Morgan fingerprint density at radius 3 is 2.05 bits per heavy atom. The molecule has 0 spiro atoms. The molecule has 2 aromatic rings. The molecule has 116 valence electrons. The Labute approximate surface area is 149 Å². The molecule has 0 unspecified atom stereocenters. The third-order valence-electron chi connectivity index (χ3n) is 2.75. The Kier molecular flexibility index (Phi) is 5.41. The molecule has 0 aliphatic carbocycles. The Morgan fingerprint density at radius 2 is 1.55 bits per heavy atom. The molecule has 0 fully saturated rings. The summed E-state index contributed by atoms with van der Waals surface area (Å²) in [5.74, 6) is -2.10. The van der Waals surface area contributed by atoms with E-state index in [1.807, 2.05) is 0 Å². The molecule has 0 saturated carbocycles. The number of benzene rings is 1. The van der Waals surface area contributed by atoms with Gasteiger partial charge in [0.05, 0.1) is 31.5 Å². The molecule has 0 aliphatic heterocycles. The van der Waals surface area contributed by atoms with Crippen molar-refractivity contribution < 1.29 is 14.3 Å². The predicted molar refractivity (Wildman–Crippen MR) is 86.0 cm³/mol. The van der Waals surface area contributed by atoms with Crippen molar-refractivity contribution in [2.75, 3.05) is 0 Å². The molecule has 1 heterocycles. The molecule has 1 N–H and O–H groups in total. The largest absolute Gasteiger partial charge is 0.481 e. The monoisotopic (exact) mass is 401 g/mol. The molecular weight excluding hydrogens is 398 g/mol. The number of hydrogen-bond acceptors (Lipinski definition) is 2. The summed E-state index contributed by atoms with van der Waals surface area (Å²) in [4.78, 5) is 14.3. The number of hydrogen-bond donors (Lipinski definition) is 1. The summed E-state index contributed by atoms with van der Waals surface area (Å²) in [5, 5.41) is 8.76. The first-order valence-corrected chi connectivity index (χ1v) is 7.51. The van der Waals surface area contributed by atoms with E-state index in [1.54, 1.807) is 0 Å². The summed E-state index contributed by atoms with van der Waals surface area (Å²) in [6.07, 6.45) is 0.602. The molecule has 22 heavy (non-hydrogen) atoms. The summed E-state index contributed by atoms with van der Waals surface area (Å²) in [5.41, 5.74) is 0.342. The first-order chi connectivity index (χ1) is 10.2. The molecule has 1 aromatic heterocycles. The predicted octanol–water partition coefficient (Wildman–Crippen LogP) is 5.78. The molecule has 2 rings (SSSR count). The Morgan fingerprint density at radius 1 is 1.05 bits per heavy atom. The fourth-order valence-electron chi connectivity index (χ4n) is 1.78. The van der Waals surface area contributed by atoms with Crippen LogP contribution in [-0.2, 0) is 11.2 Å². The average Bonchev–Trinajstić information content (AvgIpc) is 2.46. The minimum Gasteiger partial charge on any atom is -0.481 e. The number of nitrogens with zero attached hydrogens (tertiary/aromatic N) is 1. The number of halogens is 6. The normalized spacial score (nSPS) is 10.8. The van der Waals surface area contributed by atoms with Gasteiger partial charge in [0, 0.05) is 22.9 Å². The molecule has 0 atom stereocenters. The van der Waals surface area contributed by atoms with Gasteiger partial charge in [-0.2, -0.15) is 4.39 Å². The highest BCUT2D eigenvalue weighted by Crippen LogP contribution is 2.48. The van der Waals surface area contributed by atoms with E-state index in [2.05, 4.69) is 4.98 Å². The van der Waals surface area contributed by atoms with Crippen LogP contribution in [0.5, 0.6) is 0 Å². The molecular formula is C13H5Cl5FNO2. The molecule has 0 bridgehead atoms. The maximum Gasteiger partial charge on any atom is 0.307 e. The van der Waals surface area contributed by atoms with Gasteiger partial charge in [0.2, 0.25) is 5.95 Å². The van der Waals surface area contributed by atoms with E-state index in [0.29, 0.717) is 0 Å². The van der Waals surface area contributed by atoms with Crippen molar-refractivity contribution in [3.63, 3.8) is 0 Å². The Balaban J connectivity index is 2.70. The van der Waals surface area contributed by atoms with Gasteiger partial charge < -0.3 is 5.11 Å². The van der Waals surface area contributed by atoms with Gasteiger partial charge >= 0.3 is 5.97 Å². The first-order valence-electron chi connectivity index (χ1n) is 5.62.